The van der Waals surface area contributed by atoms with Gasteiger partial charge < -0.3 is 0 Å². The summed E-state index contributed by atoms with van der Waals surface area (Å²) in [4.78, 5) is 16.8. The molecule has 3 rings (SSSR count). The normalized spacial score (nSPS) is 11.1. The number of fused-ring (bicyclic) bond motifs is 1. The molecule has 0 spiro atoms. The van der Waals surface area contributed by atoms with Crippen molar-refractivity contribution in [3.63, 3.8) is 0 Å². The maximum Gasteiger partial charge on any atom is 0.271 e. The van der Waals surface area contributed by atoms with Crippen LogP contribution in [0.4, 0.5) is 0 Å². The second-order valence-electron chi connectivity index (χ2n) is 4.76. The second-order valence-corrected chi connectivity index (χ2v) is 5.64. The molecule has 0 saturated heterocycles. The Morgan fingerprint density at radius 2 is 2.16 bits per heavy atom. The topological polar surface area (TPSA) is 34.9 Å². The summed E-state index contributed by atoms with van der Waals surface area (Å²) in [7, 11) is 0. The molecule has 19 heavy (non-hydrogen) atoms. The molecule has 0 amide bonds. The molecule has 0 N–H and O–H groups in total. The van der Waals surface area contributed by atoms with Gasteiger partial charge in [-0.25, -0.2) is 4.98 Å². The van der Waals surface area contributed by atoms with Gasteiger partial charge in [-0.15, -0.1) is 11.3 Å². The van der Waals surface area contributed by atoms with Crippen molar-refractivity contribution in [1.82, 2.24) is 9.55 Å². The van der Waals surface area contributed by atoms with Crippen molar-refractivity contribution in [2.75, 3.05) is 0 Å². The Hall–Kier alpha value is -1.94. The molecule has 96 valence electrons. The van der Waals surface area contributed by atoms with Crippen LogP contribution in [0.15, 0.2) is 40.8 Å². The first-order valence-corrected chi connectivity index (χ1v) is 7.02. The highest BCUT2D eigenvalue weighted by Crippen LogP contribution is 2.19. The Balaban J connectivity index is 2.06. The van der Waals surface area contributed by atoms with Crippen LogP contribution >= 0.6 is 11.3 Å². The zero-order chi connectivity index (χ0) is 13.4. The van der Waals surface area contributed by atoms with Crippen molar-refractivity contribution < 1.29 is 0 Å². The zero-order valence-corrected chi connectivity index (χ0v) is 11.7. The average Bonchev–Trinajstić information content (AvgIpc) is 2.76. The summed E-state index contributed by atoms with van der Waals surface area (Å²) >= 11 is 1.47. The number of aromatic nitrogens is 2. The standard InChI is InChI=1S/C15H14N2OS/c1-10-4-3-5-12(6-10)7-17-9-16-13-11(2)8-19-14(13)15(17)18/h3-6,8-9H,7H2,1-2H3. The predicted molar refractivity (Wildman–Crippen MR) is 78.9 cm³/mol. The van der Waals surface area contributed by atoms with Crippen LogP contribution in [-0.2, 0) is 6.54 Å². The van der Waals surface area contributed by atoms with Gasteiger partial charge in [-0.05, 0) is 30.4 Å². The lowest BCUT2D eigenvalue weighted by molar-refractivity contribution is 0.749. The Kier molecular flexibility index (Phi) is 2.95. The van der Waals surface area contributed by atoms with Crippen LogP contribution < -0.4 is 5.56 Å². The summed E-state index contributed by atoms with van der Waals surface area (Å²) in [5.41, 5.74) is 4.27. The van der Waals surface area contributed by atoms with Gasteiger partial charge >= 0.3 is 0 Å². The van der Waals surface area contributed by atoms with E-state index in [-0.39, 0.29) is 5.56 Å². The molecule has 0 aliphatic heterocycles. The van der Waals surface area contributed by atoms with Crippen molar-refractivity contribution in [3.8, 4) is 0 Å². The van der Waals surface area contributed by atoms with E-state index in [2.05, 4.69) is 24.0 Å². The van der Waals surface area contributed by atoms with Crippen molar-refractivity contribution >= 4 is 21.6 Å². The summed E-state index contributed by atoms with van der Waals surface area (Å²) in [5, 5.41) is 1.98. The van der Waals surface area contributed by atoms with Crippen LogP contribution in [-0.4, -0.2) is 9.55 Å². The van der Waals surface area contributed by atoms with Crippen LogP contribution in [0.5, 0.6) is 0 Å². The van der Waals surface area contributed by atoms with Gasteiger partial charge in [0.25, 0.3) is 5.56 Å². The molecule has 3 aromatic rings. The van der Waals surface area contributed by atoms with E-state index < -0.39 is 0 Å². The van der Waals surface area contributed by atoms with E-state index in [9.17, 15) is 4.79 Å². The second kappa shape index (κ2) is 4.63. The molecular weight excluding hydrogens is 256 g/mol. The molecule has 0 unspecified atom stereocenters. The minimum Gasteiger partial charge on any atom is -0.294 e. The van der Waals surface area contributed by atoms with Gasteiger partial charge in [0.05, 0.1) is 18.4 Å². The van der Waals surface area contributed by atoms with E-state index in [4.69, 9.17) is 0 Å². The van der Waals surface area contributed by atoms with Gasteiger partial charge in [0, 0.05) is 0 Å². The fourth-order valence-corrected chi connectivity index (χ4v) is 3.13. The highest BCUT2D eigenvalue weighted by Gasteiger charge is 2.08. The Morgan fingerprint density at radius 1 is 1.32 bits per heavy atom. The third-order valence-electron chi connectivity index (χ3n) is 3.16. The molecule has 0 bridgehead atoms. The fourth-order valence-electron chi connectivity index (χ4n) is 2.18. The molecule has 1 aromatic carbocycles. The Bertz CT molecular complexity index is 801. The molecule has 4 heteroatoms. The van der Waals surface area contributed by atoms with Gasteiger partial charge in [-0.1, -0.05) is 29.8 Å². The highest BCUT2D eigenvalue weighted by atomic mass is 32.1. The number of aryl methyl sites for hydroxylation is 2. The summed E-state index contributed by atoms with van der Waals surface area (Å²) < 4.78 is 2.42. The maximum absolute atomic E-state index is 12.4. The van der Waals surface area contributed by atoms with Crippen molar-refractivity contribution in [2.45, 2.75) is 20.4 Å². The van der Waals surface area contributed by atoms with Crippen LogP contribution in [0.2, 0.25) is 0 Å². The molecule has 0 fully saturated rings. The Morgan fingerprint density at radius 3 is 2.95 bits per heavy atom. The minimum absolute atomic E-state index is 0.0459. The van der Waals surface area contributed by atoms with Crippen molar-refractivity contribution in [2.24, 2.45) is 0 Å². The van der Waals surface area contributed by atoms with Gasteiger partial charge in [0.15, 0.2) is 0 Å². The highest BCUT2D eigenvalue weighted by molar-refractivity contribution is 7.17. The van der Waals surface area contributed by atoms with Crippen molar-refractivity contribution in [3.05, 3.63) is 63.0 Å². The molecule has 0 atom stereocenters. The number of hydrogen-bond acceptors (Lipinski definition) is 3. The van der Waals surface area contributed by atoms with E-state index in [1.54, 1.807) is 10.9 Å². The fraction of sp³-hybridized carbons (Fsp3) is 0.200. The van der Waals surface area contributed by atoms with Gasteiger partial charge in [0.1, 0.15) is 4.70 Å². The lowest BCUT2D eigenvalue weighted by atomic mass is 10.1. The first-order valence-electron chi connectivity index (χ1n) is 6.14. The Labute approximate surface area is 115 Å². The molecule has 2 heterocycles. The quantitative estimate of drug-likeness (QED) is 0.717. The van der Waals surface area contributed by atoms with E-state index in [0.717, 1.165) is 21.3 Å². The number of benzene rings is 1. The van der Waals surface area contributed by atoms with E-state index in [1.165, 1.54) is 16.9 Å². The largest absolute Gasteiger partial charge is 0.294 e. The van der Waals surface area contributed by atoms with Crippen LogP contribution in [0.1, 0.15) is 16.7 Å². The molecule has 0 aliphatic carbocycles. The van der Waals surface area contributed by atoms with E-state index >= 15 is 0 Å². The summed E-state index contributed by atoms with van der Waals surface area (Å²) in [6.07, 6.45) is 1.65. The third-order valence-corrected chi connectivity index (χ3v) is 4.23. The number of nitrogens with zero attached hydrogens (tertiary/aromatic N) is 2. The molecule has 2 aromatic heterocycles. The van der Waals surface area contributed by atoms with Gasteiger partial charge in [0.2, 0.25) is 0 Å². The number of rotatable bonds is 2. The number of thiophene rings is 1. The molecule has 0 aliphatic rings. The van der Waals surface area contributed by atoms with Crippen LogP contribution in [0.3, 0.4) is 0 Å². The third kappa shape index (κ3) is 2.19. The molecule has 3 nitrogen and oxygen atoms in total. The zero-order valence-electron chi connectivity index (χ0n) is 10.9. The van der Waals surface area contributed by atoms with E-state index in [1.807, 2.05) is 24.4 Å². The van der Waals surface area contributed by atoms with E-state index in [0.29, 0.717) is 6.54 Å². The maximum atomic E-state index is 12.4. The summed E-state index contributed by atoms with van der Waals surface area (Å²) in [6.45, 7) is 4.60. The number of hydrogen-bond donors (Lipinski definition) is 0. The summed E-state index contributed by atoms with van der Waals surface area (Å²) in [5.74, 6) is 0. The SMILES string of the molecule is Cc1cccc(Cn2cnc3c(C)csc3c2=O)c1. The average molecular weight is 270 g/mol. The molecule has 0 saturated carbocycles. The summed E-state index contributed by atoms with van der Waals surface area (Å²) in [6, 6.07) is 8.19. The first-order chi connectivity index (χ1) is 9.15. The first kappa shape index (κ1) is 12.1. The predicted octanol–water partition coefficient (Wildman–Crippen LogP) is 3.12. The lowest BCUT2D eigenvalue weighted by Gasteiger charge is -2.06. The lowest BCUT2D eigenvalue weighted by Crippen LogP contribution is -2.20. The molecular formula is C15H14N2OS. The van der Waals surface area contributed by atoms with Gasteiger partial charge in [-0.2, -0.15) is 0 Å². The molecule has 0 radical (unpaired) electrons. The van der Waals surface area contributed by atoms with Crippen LogP contribution in [0, 0.1) is 13.8 Å². The van der Waals surface area contributed by atoms with Gasteiger partial charge in [-0.3, -0.25) is 9.36 Å². The van der Waals surface area contributed by atoms with Crippen LogP contribution in [0.25, 0.3) is 10.2 Å². The smallest absolute Gasteiger partial charge is 0.271 e. The monoisotopic (exact) mass is 270 g/mol. The van der Waals surface area contributed by atoms with Crippen molar-refractivity contribution in [1.29, 1.82) is 0 Å². The minimum atomic E-state index is 0.0459.